The van der Waals surface area contributed by atoms with Crippen molar-refractivity contribution in [3.05, 3.63) is 35.6 Å². The first kappa shape index (κ1) is 18.7. The molecule has 3 aliphatic rings. The van der Waals surface area contributed by atoms with Crippen molar-refractivity contribution in [1.29, 1.82) is 0 Å². The van der Waals surface area contributed by atoms with Gasteiger partial charge >= 0.3 is 6.09 Å². The molecular formula is C21H30FN3O2. The summed E-state index contributed by atoms with van der Waals surface area (Å²) in [5, 5.41) is 0. The van der Waals surface area contributed by atoms with Crippen molar-refractivity contribution < 1.29 is 13.9 Å². The first-order valence-electron chi connectivity index (χ1n) is 10.2. The Hall–Kier alpha value is -1.66. The van der Waals surface area contributed by atoms with Crippen molar-refractivity contribution >= 4 is 6.09 Å². The fourth-order valence-corrected chi connectivity index (χ4v) is 5.41. The highest BCUT2D eigenvalue weighted by Gasteiger charge is 2.47. The number of halogens is 1. The van der Waals surface area contributed by atoms with Crippen LogP contribution < -0.4 is 0 Å². The molecule has 0 spiro atoms. The topological polar surface area (TPSA) is 36.0 Å². The lowest BCUT2D eigenvalue weighted by molar-refractivity contribution is 0.0766. The first-order valence-corrected chi connectivity index (χ1v) is 10.2. The number of benzene rings is 1. The minimum Gasteiger partial charge on any atom is -0.450 e. The molecule has 0 N–H and O–H groups in total. The third-order valence-corrected chi connectivity index (χ3v) is 6.62. The zero-order valence-electron chi connectivity index (χ0n) is 16.3. The van der Waals surface area contributed by atoms with Gasteiger partial charge in [0.2, 0.25) is 0 Å². The molecule has 0 radical (unpaired) electrons. The van der Waals surface area contributed by atoms with Crippen molar-refractivity contribution in [2.45, 2.75) is 31.8 Å². The van der Waals surface area contributed by atoms with Crippen molar-refractivity contribution in [3.8, 4) is 0 Å². The van der Waals surface area contributed by atoms with E-state index in [0.717, 1.165) is 51.1 Å². The largest absolute Gasteiger partial charge is 0.450 e. The van der Waals surface area contributed by atoms with Gasteiger partial charge < -0.3 is 9.64 Å². The number of hydrogen-bond donors (Lipinski definition) is 0. The highest BCUT2D eigenvalue weighted by molar-refractivity contribution is 5.67. The minimum absolute atomic E-state index is 0.148. The van der Waals surface area contributed by atoms with Crippen LogP contribution >= 0.6 is 0 Å². The van der Waals surface area contributed by atoms with Gasteiger partial charge in [0.25, 0.3) is 0 Å². The third-order valence-electron chi connectivity index (χ3n) is 6.62. The number of fused-ring (bicyclic) bond motifs is 1. The minimum atomic E-state index is -0.179. The van der Waals surface area contributed by atoms with Crippen LogP contribution in [0.25, 0.3) is 0 Å². The van der Waals surface area contributed by atoms with E-state index < -0.39 is 0 Å². The van der Waals surface area contributed by atoms with E-state index in [1.807, 2.05) is 17.9 Å². The second-order valence-electron chi connectivity index (χ2n) is 8.23. The van der Waals surface area contributed by atoms with E-state index in [4.69, 9.17) is 4.74 Å². The molecule has 3 fully saturated rings. The van der Waals surface area contributed by atoms with E-state index in [-0.39, 0.29) is 11.9 Å². The molecule has 1 aromatic carbocycles. The Morgan fingerprint density at radius 3 is 2.70 bits per heavy atom. The normalized spacial score (nSPS) is 29.9. The van der Waals surface area contributed by atoms with Crippen LogP contribution in [-0.2, 0) is 4.74 Å². The molecule has 3 saturated heterocycles. The van der Waals surface area contributed by atoms with E-state index >= 15 is 0 Å². The van der Waals surface area contributed by atoms with Gasteiger partial charge in [-0.25, -0.2) is 9.18 Å². The van der Waals surface area contributed by atoms with Gasteiger partial charge in [-0.1, -0.05) is 12.1 Å². The first-order chi connectivity index (χ1) is 13.1. The zero-order chi connectivity index (χ0) is 19.0. The van der Waals surface area contributed by atoms with E-state index in [1.165, 1.54) is 6.07 Å². The molecule has 27 heavy (non-hydrogen) atoms. The van der Waals surface area contributed by atoms with Gasteiger partial charge in [0.1, 0.15) is 5.82 Å². The Kier molecular flexibility index (Phi) is 5.37. The Morgan fingerprint density at radius 2 is 2.00 bits per heavy atom. The molecule has 0 aromatic heterocycles. The lowest BCUT2D eigenvalue weighted by atomic mass is 9.89. The summed E-state index contributed by atoms with van der Waals surface area (Å²) in [6.45, 7) is 7.10. The summed E-state index contributed by atoms with van der Waals surface area (Å²) in [6, 6.07) is 7.95. The number of piperidine rings is 1. The summed E-state index contributed by atoms with van der Waals surface area (Å²) < 4.78 is 18.9. The van der Waals surface area contributed by atoms with Crippen molar-refractivity contribution in [3.63, 3.8) is 0 Å². The third kappa shape index (κ3) is 3.69. The molecule has 0 saturated carbocycles. The quantitative estimate of drug-likeness (QED) is 0.814. The van der Waals surface area contributed by atoms with Crippen LogP contribution in [0.15, 0.2) is 24.3 Å². The number of ether oxygens (including phenoxy) is 1. The van der Waals surface area contributed by atoms with Crippen LogP contribution in [-0.4, -0.2) is 73.2 Å². The molecule has 0 unspecified atom stereocenters. The molecule has 5 nitrogen and oxygen atoms in total. The molecule has 3 heterocycles. The Balaban J connectivity index is 1.38. The van der Waals surface area contributed by atoms with Gasteiger partial charge in [-0.15, -0.1) is 0 Å². The second-order valence-corrected chi connectivity index (χ2v) is 8.23. The highest BCUT2D eigenvalue weighted by atomic mass is 19.1. The average Bonchev–Trinajstić information content (AvgIpc) is 3.18. The van der Waals surface area contributed by atoms with Gasteiger partial charge in [-0.05, 0) is 56.3 Å². The van der Waals surface area contributed by atoms with E-state index in [0.29, 0.717) is 30.5 Å². The Morgan fingerprint density at radius 1 is 1.22 bits per heavy atom. The van der Waals surface area contributed by atoms with Crippen LogP contribution in [0.5, 0.6) is 0 Å². The predicted molar refractivity (Wildman–Crippen MR) is 102 cm³/mol. The summed E-state index contributed by atoms with van der Waals surface area (Å²) in [7, 11) is 2.16. The highest BCUT2D eigenvalue weighted by Crippen LogP contribution is 2.45. The molecule has 3 aliphatic heterocycles. The fourth-order valence-electron chi connectivity index (χ4n) is 5.41. The van der Waals surface area contributed by atoms with E-state index in [1.54, 1.807) is 6.07 Å². The van der Waals surface area contributed by atoms with Crippen LogP contribution in [0.3, 0.4) is 0 Å². The molecule has 148 valence electrons. The zero-order valence-corrected chi connectivity index (χ0v) is 16.3. The summed E-state index contributed by atoms with van der Waals surface area (Å²) in [6.07, 6.45) is 1.85. The van der Waals surface area contributed by atoms with Gasteiger partial charge in [0.15, 0.2) is 0 Å². The van der Waals surface area contributed by atoms with Crippen molar-refractivity contribution in [1.82, 2.24) is 14.7 Å². The number of rotatable bonds is 3. The van der Waals surface area contributed by atoms with Gasteiger partial charge in [-0.2, -0.15) is 0 Å². The van der Waals surface area contributed by atoms with Crippen LogP contribution in [0.2, 0.25) is 0 Å². The molecule has 0 aliphatic carbocycles. The number of amides is 1. The fraction of sp³-hybridized carbons (Fsp3) is 0.667. The van der Waals surface area contributed by atoms with Gasteiger partial charge in [-0.3, -0.25) is 9.80 Å². The van der Waals surface area contributed by atoms with Crippen molar-refractivity contribution in [2.75, 3.05) is 46.4 Å². The number of carbonyl (C=O) groups excluding carboxylic acids is 1. The maximum atomic E-state index is 13.7. The summed E-state index contributed by atoms with van der Waals surface area (Å²) in [4.78, 5) is 18.8. The maximum absolute atomic E-state index is 13.7. The summed E-state index contributed by atoms with van der Waals surface area (Å²) in [5.74, 6) is 1.05. The van der Waals surface area contributed by atoms with Crippen LogP contribution in [0, 0.1) is 17.7 Å². The van der Waals surface area contributed by atoms with Crippen molar-refractivity contribution in [2.24, 2.45) is 11.8 Å². The Bertz CT molecular complexity index is 677. The predicted octanol–water partition coefficient (Wildman–Crippen LogP) is 2.98. The molecule has 4 rings (SSSR count). The SMILES string of the molecule is CCOC(=O)N1CCC(N2C[C@@H]3CN(C)[C@@H](c4cccc(F)c4)[C@@H]3C2)CC1. The maximum Gasteiger partial charge on any atom is 0.409 e. The van der Waals surface area contributed by atoms with Gasteiger partial charge in [0, 0.05) is 44.8 Å². The van der Waals surface area contributed by atoms with E-state index in [9.17, 15) is 9.18 Å². The molecule has 0 bridgehead atoms. The summed E-state index contributed by atoms with van der Waals surface area (Å²) >= 11 is 0. The number of nitrogens with zero attached hydrogens (tertiary/aromatic N) is 3. The van der Waals surface area contributed by atoms with Crippen LogP contribution in [0.1, 0.15) is 31.4 Å². The average molecular weight is 375 g/mol. The molecule has 1 amide bonds. The number of likely N-dealkylation sites (tertiary alicyclic amines) is 3. The lowest BCUT2D eigenvalue weighted by Crippen LogP contribution is -2.47. The van der Waals surface area contributed by atoms with Gasteiger partial charge in [0.05, 0.1) is 6.61 Å². The lowest BCUT2D eigenvalue weighted by Gasteiger charge is -2.37. The molecule has 1 aromatic rings. The smallest absolute Gasteiger partial charge is 0.409 e. The second kappa shape index (κ2) is 7.76. The standard InChI is InChI=1S/C21H30FN3O2/c1-3-27-21(26)24-9-7-18(8-10-24)25-13-16-12-23(2)20(19(16)14-25)15-5-4-6-17(22)11-15/h4-6,11,16,18-20H,3,7-10,12-14H2,1-2H3/t16-,19+,20-/m0/s1. The molecule has 3 atom stereocenters. The Labute approximate surface area is 161 Å². The summed E-state index contributed by atoms with van der Waals surface area (Å²) in [5.41, 5.74) is 1.10. The van der Waals surface area contributed by atoms with Crippen LogP contribution in [0.4, 0.5) is 9.18 Å². The number of carbonyl (C=O) groups is 1. The monoisotopic (exact) mass is 375 g/mol. The number of hydrogen-bond acceptors (Lipinski definition) is 4. The molecular weight excluding hydrogens is 345 g/mol. The van der Waals surface area contributed by atoms with E-state index in [2.05, 4.69) is 22.9 Å². The molecule has 6 heteroatoms.